The molecule has 0 amide bonds. The van der Waals surface area contributed by atoms with Gasteiger partial charge in [-0.3, -0.25) is 0 Å². The second-order valence-electron chi connectivity index (χ2n) is 4.10. The van der Waals surface area contributed by atoms with E-state index in [0.717, 1.165) is 6.42 Å². The average molecular weight is 274 g/mol. The lowest BCUT2D eigenvalue weighted by Crippen LogP contribution is -2.02. The van der Waals surface area contributed by atoms with Crippen molar-refractivity contribution in [2.45, 2.75) is 13.3 Å². The predicted molar refractivity (Wildman–Crippen MR) is 78.3 cm³/mol. The lowest BCUT2D eigenvalue weighted by molar-refractivity contribution is 0.301. The van der Waals surface area contributed by atoms with Gasteiger partial charge in [-0.25, -0.2) is 0 Å². The van der Waals surface area contributed by atoms with Crippen LogP contribution in [0, 0.1) is 0 Å². The van der Waals surface area contributed by atoms with Gasteiger partial charge in [0.15, 0.2) is 11.5 Å². The Bertz CT molecular complexity index is 575. The molecular weight excluding hydrogens is 256 g/mol. The number of ether oxygens (including phenoxy) is 2. The van der Waals surface area contributed by atoms with Crippen molar-refractivity contribution in [3.8, 4) is 17.4 Å². The summed E-state index contributed by atoms with van der Waals surface area (Å²) in [5.41, 5.74) is 5.63. The summed E-state index contributed by atoms with van der Waals surface area (Å²) in [5.74, 6) is 2.39. The molecule has 1 aromatic carbocycles. The summed E-state index contributed by atoms with van der Waals surface area (Å²) < 4.78 is 11.4. The molecule has 0 fully saturated rings. The van der Waals surface area contributed by atoms with Gasteiger partial charge in [0.2, 0.25) is 11.8 Å². The molecule has 0 saturated carbocycles. The number of para-hydroxylation sites is 2. The highest BCUT2D eigenvalue weighted by Gasteiger charge is 2.08. The zero-order valence-electron chi connectivity index (χ0n) is 11.6. The van der Waals surface area contributed by atoms with Crippen molar-refractivity contribution in [3.05, 3.63) is 30.3 Å². The lowest BCUT2D eigenvalue weighted by Gasteiger charge is -2.12. The van der Waals surface area contributed by atoms with Crippen LogP contribution in [-0.2, 0) is 0 Å². The standard InChI is InChI=1S/C14H18N4O2/c1-3-8-19-10-6-4-5-7-11(10)20-13-9-12(16-2)17-14(15)18-13/h4-7,9H,3,8H2,1-2H3,(H3,15,16,17,18). The maximum Gasteiger partial charge on any atom is 0.226 e. The van der Waals surface area contributed by atoms with Crippen molar-refractivity contribution in [1.82, 2.24) is 9.97 Å². The van der Waals surface area contributed by atoms with E-state index in [2.05, 4.69) is 15.3 Å². The molecular formula is C14H18N4O2. The number of nitrogens with two attached hydrogens (primary N) is 1. The molecule has 0 bridgehead atoms. The second-order valence-corrected chi connectivity index (χ2v) is 4.10. The van der Waals surface area contributed by atoms with Gasteiger partial charge >= 0.3 is 0 Å². The van der Waals surface area contributed by atoms with E-state index in [0.29, 0.717) is 29.8 Å². The Kier molecular flexibility index (Phi) is 4.60. The molecule has 6 heteroatoms. The van der Waals surface area contributed by atoms with Crippen LogP contribution < -0.4 is 20.5 Å². The Morgan fingerprint density at radius 1 is 1.20 bits per heavy atom. The first-order valence-corrected chi connectivity index (χ1v) is 6.45. The van der Waals surface area contributed by atoms with E-state index in [1.807, 2.05) is 31.2 Å². The van der Waals surface area contributed by atoms with Gasteiger partial charge in [0.25, 0.3) is 0 Å². The number of hydrogen-bond acceptors (Lipinski definition) is 6. The summed E-state index contributed by atoms with van der Waals surface area (Å²) in [6.45, 7) is 2.68. The van der Waals surface area contributed by atoms with Crippen molar-refractivity contribution in [2.24, 2.45) is 0 Å². The molecule has 0 unspecified atom stereocenters. The first kappa shape index (κ1) is 13.9. The molecule has 6 nitrogen and oxygen atoms in total. The molecule has 0 aliphatic carbocycles. The van der Waals surface area contributed by atoms with E-state index in [9.17, 15) is 0 Å². The number of nitrogens with zero attached hydrogens (tertiary/aromatic N) is 2. The first-order chi connectivity index (χ1) is 9.72. The number of rotatable bonds is 6. The maximum atomic E-state index is 5.73. The molecule has 0 aliphatic rings. The lowest BCUT2D eigenvalue weighted by atomic mass is 10.3. The third kappa shape index (κ3) is 3.50. The molecule has 1 heterocycles. The third-order valence-electron chi connectivity index (χ3n) is 2.50. The fraction of sp³-hybridized carbons (Fsp3) is 0.286. The molecule has 1 aromatic heterocycles. The number of nitrogens with one attached hydrogen (secondary N) is 1. The highest BCUT2D eigenvalue weighted by Crippen LogP contribution is 2.31. The van der Waals surface area contributed by atoms with Crippen LogP contribution in [0.1, 0.15) is 13.3 Å². The molecule has 0 aliphatic heterocycles. The van der Waals surface area contributed by atoms with E-state index >= 15 is 0 Å². The van der Waals surface area contributed by atoms with E-state index in [-0.39, 0.29) is 5.95 Å². The molecule has 0 atom stereocenters. The highest BCUT2D eigenvalue weighted by molar-refractivity contribution is 5.46. The molecule has 3 N–H and O–H groups in total. The van der Waals surface area contributed by atoms with Gasteiger partial charge in [0, 0.05) is 13.1 Å². The molecule has 20 heavy (non-hydrogen) atoms. The molecule has 0 radical (unpaired) electrons. The number of nitrogen functional groups attached to an aromatic ring is 1. The minimum atomic E-state index is 0.152. The second kappa shape index (κ2) is 6.60. The summed E-state index contributed by atoms with van der Waals surface area (Å²) in [5, 5.41) is 2.90. The fourth-order valence-corrected chi connectivity index (χ4v) is 1.60. The number of benzene rings is 1. The Balaban J connectivity index is 2.23. The smallest absolute Gasteiger partial charge is 0.226 e. The minimum absolute atomic E-state index is 0.152. The third-order valence-corrected chi connectivity index (χ3v) is 2.50. The van der Waals surface area contributed by atoms with Crippen molar-refractivity contribution in [3.63, 3.8) is 0 Å². The molecule has 0 spiro atoms. The molecule has 2 aromatic rings. The van der Waals surface area contributed by atoms with Crippen molar-refractivity contribution in [2.75, 3.05) is 24.7 Å². The van der Waals surface area contributed by atoms with Gasteiger partial charge in [0.05, 0.1) is 6.61 Å². The Hall–Kier alpha value is -2.50. The highest BCUT2D eigenvalue weighted by atomic mass is 16.5. The Morgan fingerprint density at radius 3 is 2.65 bits per heavy atom. The monoisotopic (exact) mass is 274 g/mol. The summed E-state index contributed by atoms with van der Waals surface area (Å²) in [6, 6.07) is 9.12. The topological polar surface area (TPSA) is 82.3 Å². The van der Waals surface area contributed by atoms with Gasteiger partial charge in [-0.15, -0.1) is 0 Å². The van der Waals surface area contributed by atoms with Crippen LogP contribution in [0.15, 0.2) is 30.3 Å². The summed E-state index contributed by atoms with van der Waals surface area (Å²) >= 11 is 0. The normalized spacial score (nSPS) is 10.1. The van der Waals surface area contributed by atoms with Gasteiger partial charge < -0.3 is 20.5 Å². The minimum Gasteiger partial charge on any atom is -0.490 e. The fourth-order valence-electron chi connectivity index (χ4n) is 1.60. The largest absolute Gasteiger partial charge is 0.490 e. The number of aromatic nitrogens is 2. The van der Waals surface area contributed by atoms with Crippen molar-refractivity contribution in [1.29, 1.82) is 0 Å². The maximum absolute atomic E-state index is 5.73. The van der Waals surface area contributed by atoms with Crippen LogP contribution in [0.25, 0.3) is 0 Å². The quantitative estimate of drug-likeness (QED) is 0.842. The van der Waals surface area contributed by atoms with Gasteiger partial charge in [-0.2, -0.15) is 9.97 Å². The van der Waals surface area contributed by atoms with E-state index in [1.54, 1.807) is 13.1 Å². The van der Waals surface area contributed by atoms with Crippen LogP contribution in [0.5, 0.6) is 17.4 Å². The van der Waals surface area contributed by atoms with Crippen LogP contribution in [-0.4, -0.2) is 23.6 Å². The van der Waals surface area contributed by atoms with Crippen LogP contribution in [0.3, 0.4) is 0 Å². The van der Waals surface area contributed by atoms with E-state index in [4.69, 9.17) is 15.2 Å². The van der Waals surface area contributed by atoms with Crippen LogP contribution >= 0.6 is 0 Å². The Labute approximate surface area is 118 Å². The van der Waals surface area contributed by atoms with Gasteiger partial charge in [-0.05, 0) is 18.6 Å². The number of hydrogen-bond donors (Lipinski definition) is 2. The molecule has 106 valence electrons. The van der Waals surface area contributed by atoms with Gasteiger partial charge in [-0.1, -0.05) is 19.1 Å². The molecule has 0 saturated heterocycles. The Morgan fingerprint density at radius 2 is 1.95 bits per heavy atom. The van der Waals surface area contributed by atoms with Gasteiger partial charge in [0.1, 0.15) is 5.82 Å². The van der Waals surface area contributed by atoms with Crippen molar-refractivity contribution < 1.29 is 9.47 Å². The van der Waals surface area contributed by atoms with Crippen LogP contribution in [0.2, 0.25) is 0 Å². The zero-order chi connectivity index (χ0) is 14.4. The summed E-state index contributed by atoms with van der Waals surface area (Å²) in [4.78, 5) is 8.06. The van der Waals surface area contributed by atoms with E-state index < -0.39 is 0 Å². The van der Waals surface area contributed by atoms with E-state index in [1.165, 1.54) is 0 Å². The number of anilines is 2. The van der Waals surface area contributed by atoms with Crippen LogP contribution in [0.4, 0.5) is 11.8 Å². The average Bonchev–Trinajstić information content (AvgIpc) is 2.45. The predicted octanol–water partition coefficient (Wildman–Crippen LogP) is 2.68. The molecule has 2 rings (SSSR count). The zero-order valence-corrected chi connectivity index (χ0v) is 11.6. The summed E-state index contributed by atoms with van der Waals surface area (Å²) in [6.07, 6.45) is 0.929. The SMILES string of the molecule is CCCOc1ccccc1Oc1cc(NC)nc(N)n1. The van der Waals surface area contributed by atoms with Crippen molar-refractivity contribution >= 4 is 11.8 Å². The summed E-state index contributed by atoms with van der Waals surface area (Å²) in [7, 11) is 1.75. The first-order valence-electron chi connectivity index (χ1n) is 6.45.